The van der Waals surface area contributed by atoms with Crippen molar-refractivity contribution in [2.75, 3.05) is 23.7 Å². The van der Waals surface area contributed by atoms with Crippen LogP contribution < -0.4 is 10.6 Å². The van der Waals surface area contributed by atoms with Crippen LogP contribution in [-0.2, 0) is 0 Å². The molecule has 1 aliphatic rings. The van der Waals surface area contributed by atoms with E-state index < -0.39 is 0 Å². The monoisotopic (exact) mass is 282 g/mol. The van der Waals surface area contributed by atoms with E-state index in [0.29, 0.717) is 10.3 Å². The van der Waals surface area contributed by atoms with Crippen LogP contribution in [0.2, 0.25) is 0 Å². The van der Waals surface area contributed by atoms with Crippen LogP contribution >= 0.6 is 11.8 Å². The number of halogens is 1. The maximum absolute atomic E-state index is 14.0. The lowest BCUT2D eigenvalue weighted by Gasteiger charge is -2.27. The molecule has 2 rings (SSSR count). The summed E-state index contributed by atoms with van der Waals surface area (Å²) in [6, 6.07) is 4.99. The molecule has 1 heterocycles. The number of rotatable bonds is 2. The molecule has 106 valence electrons. The Balaban J connectivity index is 2.29. The van der Waals surface area contributed by atoms with Gasteiger partial charge in [-0.15, -0.1) is 0 Å². The van der Waals surface area contributed by atoms with Crippen LogP contribution in [-0.4, -0.2) is 23.6 Å². The fourth-order valence-corrected chi connectivity index (χ4v) is 3.61. The van der Waals surface area contributed by atoms with Gasteiger partial charge in [-0.2, -0.15) is 11.8 Å². The summed E-state index contributed by atoms with van der Waals surface area (Å²) < 4.78 is 14.3. The largest absolute Gasteiger partial charge is 0.370 e. The van der Waals surface area contributed by atoms with Gasteiger partial charge in [-0.1, -0.05) is 19.9 Å². The highest BCUT2D eigenvalue weighted by Crippen LogP contribution is 2.34. The zero-order valence-electron chi connectivity index (χ0n) is 11.9. The van der Waals surface area contributed by atoms with E-state index in [1.807, 2.05) is 24.8 Å². The number of benzene rings is 1. The minimum atomic E-state index is -0.278. The summed E-state index contributed by atoms with van der Waals surface area (Å²) in [6.07, 6.45) is 1.10. The molecule has 1 aromatic rings. The van der Waals surface area contributed by atoms with E-state index in [4.69, 9.17) is 5.73 Å². The highest BCUT2D eigenvalue weighted by molar-refractivity contribution is 8.00. The van der Waals surface area contributed by atoms with Crippen LogP contribution in [0.5, 0.6) is 0 Å². The van der Waals surface area contributed by atoms with Gasteiger partial charge < -0.3 is 10.6 Å². The first-order chi connectivity index (χ1) is 8.91. The lowest BCUT2D eigenvalue weighted by molar-refractivity contribution is 0.588. The van der Waals surface area contributed by atoms with Crippen molar-refractivity contribution in [1.82, 2.24) is 0 Å². The van der Waals surface area contributed by atoms with Gasteiger partial charge in [-0.05, 0) is 25.5 Å². The van der Waals surface area contributed by atoms with Crippen LogP contribution in [0.3, 0.4) is 0 Å². The van der Waals surface area contributed by atoms with Crippen LogP contribution in [0.4, 0.5) is 10.1 Å². The first-order valence-corrected chi connectivity index (χ1v) is 7.82. The van der Waals surface area contributed by atoms with Crippen molar-refractivity contribution in [3.63, 3.8) is 0 Å². The second-order valence-electron chi connectivity index (χ2n) is 5.81. The maximum Gasteiger partial charge on any atom is 0.130 e. The molecule has 0 bridgehead atoms. The molecular formula is C15H23FN2S. The molecule has 0 radical (unpaired) electrons. The van der Waals surface area contributed by atoms with Crippen molar-refractivity contribution >= 4 is 17.4 Å². The molecule has 1 saturated heterocycles. The van der Waals surface area contributed by atoms with Crippen molar-refractivity contribution in [1.29, 1.82) is 0 Å². The van der Waals surface area contributed by atoms with Crippen LogP contribution in [0.15, 0.2) is 18.2 Å². The number of hydrogen-bond acceptors (Lipinski definition) is 3. The van der Waals surface area contributed by atoms with Crippen molar-refractivity contribution in [2.24, 2.45) is 5.73 Å². The molecule has 1 fully saturated rings. The average molecular weight is 282 g/mol. The summed E-state index contributed by atoms with van der Waals surface area (Å²) in [5.74, 6) is 0.880. The lowest BCUT2D eigenvalue weighted by Crippen LogP contribution is -2.29. The molecule has 0 unspecified atom stereocenters. The molecule has 1 aliphatic heterocycles. The first-order valence-electron chi connectivity index (χ1n) is 6.83. The number of nitrogens with two attached hydrogens (primary N) is 1. The molecule has 0 aliphatic carbocycles. The van der Waals surface area contributed by atoms with E-state index in [-0.39, 0.29) is 11.9 Å². The Kier molecular flexibility index (Phi) is 4.41. The Morgan fingerprint density at radius 2 is 2.11 bits per heavy atom. The molecule has 0 spiro atoms. The zero-order valence-corrected chi connectivity index (χ0v) is 12.8. The summed E-state index contributed by atoms with van der Waals surface area (Å²) in [5.41, 5.74) is 7.55. The second kappa shape index (κ2) is 5.71. The van der Waals surface area contributed by atoms with Gasteiger partial charge in [0, 0.05) is 40.9 Å². The molecule has 19 heavy (non-hydrogen) atoms. The molecular weight excluding hydrogens is 259 g/mol. The Hall–Kier alpha value is -0.740. The Morgan fingerprint density at radius 3 is 2.79 bits per heavy atom. The molecule has 0 saturated carbocycles. The third kappa shape index (κ3) is 3.42. The molecule has 2 nitrogen and oxygen atoms in total. The standard InChI is InChI=1S/C15H23FN2S/c1-11(17)14-12(16)5-4-6-13(14)18-8-7-15(2,3)19-10-9-18/h4-6,11H,7-10,17H2,1-3H3/t11-/m0/s1. The van der Waals surface area contributed by atoms with E-state index >= 15 is 0 Å². The summed E-state index contributed by atoms with van der Waals surface area (Å²) in [7, 11) is 0. The van der Waals surface area contributed by atoms with Crippen molar-refractivity contribution in [2.45, 2.75) is 38.0 Å². The number of thioether (sulfide) groups is 1. The summed E-state index contributed by atoms with van der Waals surface area (Å²) in [4.78, 5) is 2.28. The third-order valence-electron chi connectivity index (χ3n) is 3.66. The predicted molar refractivity (Wildman–Crippen MR) is 82.4 cm³/mol. The molecule has 1 aromatic carbocycles. The fourth-order valence-electron chi connectivity index (χ4n) is 2.51. The van der Waals surface area contributed by atoms with Gasteiger partial charge in [-0.25, -0.2) is 4.39 Å². The van der Waals surface area contributed by atoms with Crippen molar-refractivity contribution < 1.29 is 4.39 Å². The Labute approximate surface area is 119 Å². The van der Waals surface area contributed by atoms with Gasteiger partial charge in [0.15, 0.2) is 0 Å². The summed E-state index contributed by atoms with van der Waals surface area (Å²) in [5, 5.41) is 0. The molecule has 2 N–H and O–H groups in total. The molecule has 4 heteroatoms. The predicted octanol–water partition coefficient (Wildman–Crippen LogP) is 3.57. The zero-order chi connectivity index (χ0) is 14.0. The van der Waals surface area contributed by atoms with Crippen LogP contribution in [0.1, 0.15) is 38.8 Å². The Morgan fingerprint density at radius 1 is 1.37 bits per heavy atom. The summed E-state index contributed by atoms with van der Waals surface area (Å²) in [6.45, 7) is 8.32. The van der Waals surface area contributed by atoms with E-state index in [1.54, 1.807) is 6.07 Å². The quantitative estimate of drug-likeness (QED) is 0.899. The lowest BCUT2D eigenvalue weighted by atomic mass is 10.0. The highest BCUT2D eigenvalue weighted by Gasteiger charge is 2.25. The maximum atomic E-state index is 14.0. The number of nitrogens with zero attached hydrogens (tertiary/aromatic N) is 1. The molecule has 1 atom stereocenters. The Bertz CT molecular complexity index is 446. The normalized spacial score (nSPS) is 21.0. The van der Waals surface area contributed by atoms with E-state index in [2.05, 4.69) is 18.7 Å². The minimum absolute atomic E-state index is 0.191. The fraction of sp³-hybridized carbons (Fsp3) is 0.600. The van der Waals surface area contributed by atoms with Crippen molar-refractivity contribution in [3.05, 3.63) is 29.6 Å². The van der Waals surface area contributed by atoms with Gasteiger partial charge >= 0.3 is 0 Å². The van der Waals surface area contributed by atoms with Crippen LogP contribution in [0.25, 0.3) is 0 Å². The molecule has 0 aromatic heterocycles. The van der Waals surface area contributed by atoms with E-state index in [0.717, 1.165) is 31.0 Å². The average Bonchev–Trinajstić information content (AvgIpc) is 2.49. The SMILES string of the molecule is C[C@H](N)c1c(F)cccc1N1CCSC(C)(C)CC1. The highest BCUT2D eigenvalue weighted by atomic mass is 32.2. The van der Waals surface area contributed by atoms with Gasteiger partial charge in [0.25, 0.3) is 0 Å². The third-order valence-corrected chi connectivity index (χ3v) is 5.04. The molecule has 0 amide bonds. The first kappa shape index (κ1) is 14.7. The van der Waals surface area contributed by atoms with E-state index in [9.17, 15) is 4.39 Å². The van der Waals surface area contributed by atoms with Crippen LogP contribution in [0, 0.1) is 5.82 Å². The topological polar surface area (TPSA) is 29.3 Å². The number of hydrogen-bond donors (Lipinski definition) is 1. The van der Waals surface area contributed by atoms with Gasteiger partial charge in [0.1, 0.15) is 5.82 Å². The second-order valence-corrected chi connectivity index (χ2v) is 7.61. The van der Waals surface area contributed by atoms with Gasteiger partial charge in [0.05, 0.1) is 0 Å². The van der Waals surface area contributed by atoms with E-state index in [1.165, 1.54) is 6.07 Å². The smallest absolute Gasteiger partial charge is 0.130 e. The van der Waals surface area contributed by atoms with Gasteiger partial charge in [0.2, 0.25) is 0 Å². The van der Waals surface area contributed by atoms with Crippen molar-refractivity contribution in [3.8, 4) is 0 Å². The van der Waals surface area contributed by atoms with Gasteiger partial charge in [-0.3, -0.25) is 0 Å². The number of anilines is 1. The summed E-state index contributed by atoms with van der Waals surface area (Å²) >= 11 is 1.99. The minimum Gasteiger partial charge on any atom is -0.370 e.